The molecule has 0 aliphatic carbocycles. The van der Waals surface area contributed by atoms with E-state index >= 15 is 0 Å². The van der Waals surface area contributed by atoms with Crippen LogP contribution in [0.3, 0.4) is 0 Å². The number of hydrogen-bond acceptors (Lipinski definition) is 5. The zero-order valence-corrected chi connectivity index (χ0v) is 15.2. The predicted molar refractivity (Wildman–Crippen MR) is 110 cm³/mol. The molecule has 0 bridgehead atoms. The van der Waals surface area contributed by atoms with Gasteiger partial charge in [-0.2, -0.15) is 0 Å². The number of fused-ring (bicyclic) bond motifs is 2. The van der Waals surface area contributed by atoms with Crippen LogP contribution in [0.15, 0.2) is 77.6 Å². The number of nitrogens with zero attached hydrogens (tertiary/aromatic N) is 2. The van der Waals surface area contributed by atoms with Crippen LogP contribution in [0, 0.1) is 0 Å². The Morgan fingerprint density at radius 3 is 1.46 bits per heavy atom. The predicted octanol–water partition coefficient (Wildman–Crippen LogP) is 5.60. The standard InChI is InChI=1S/C21H12N2OS2/c24-21-25-17-11-15-16(12-18(17)26-21)23-20(14-9-5-2-6-10-14)19(22-15)13-7-3-1-4-8-13/h1-12H. The quantitative estimate of drug-likeness (QED) is 0.405. The summed E-state index contributed by atoms with van der Waals surface area (Å²) in [7, 11) is 0. The molecule has 5 rings (SSSR count). The lowest BCUT2D eigenvalue weighted by Gasteiger charge is -2.10. The van der Waals surface area contributed by atoms with Crippen molar-refractivity contribution in [3.8, 4) is 22.5 Å². The maximum Gasteiger partial charge on any atom is 0.288 e. The first-order chi connectivity index (χ1) is 12.8. The number of aromatic nitrogens is 2. The molecule has 2 aromatic heterocycles. The van der Waals surface area contributed by atoms with Crippen molar-refractivity contribution in [1.82, 2.24) is 9.97 Å². The van der Waals surface area contributed by atoms with Crippen molar-refractivity contribution in [2.75, 3.05) is 0 Å². The Bertz CT molecular complexity index is 1190. The summed E-state index contributed by atoms with van der Waals surface area (Å²) in [5.41, 5.74) is 5.38. The third-order valence-corrected chi connectivity index (χ3v) is 6.29. The van der Waals surface area contributed by atoms with Crippen molar-refractivity contribution >= 4 is 43.1 Å². The summed E-state index contributed by atoms with van der Waals surface area (Å²) in [6, 6.07) is 24.1. The first-order valence-electron chi connectivity index (χ1n) is 8.14. The Kier molecular flexibility index (Phi) is 3.62. The minimum atomic E-state index is 0.0990. The lowest BCUT2D eigenvalue weighted by Crippen LogP contribution is -1.95. The maximum absolute atomic E-state index is 11.7. The Morgan fingerprint density at radius 2 is 1.04 bits per heavy atom. The molecule has 0 aliphatic rings. The van der Waals surface area contributed by atoms with E-state index in [4.69, 9.17) is 9.97 Å². The molecule has 3 aromatic carbocycles. The van der Waals surface area contributed by atoms with E-state index in [1.165, 1.54) is 22.7 Å². The van der Waals surface area contributed by atoms with E-state index < -0.39 is 0 Å². The van der Waals surface area contributed by atoms with Crippen molar-refractivity contribution < 1.29 is 0 Å². The lowest BCUT2D eigenvalue weighted by molar-refractivity contribution is 1.30. The zero-order valence-electron chi connectivity index (χ0n) is 13.5. The Labute approximate surface area is 157 Å². The highest BCUT2D eigenvalue weighted by molar-refractivity contribution is 7.35. The highest BCUT2D eigenvalue weighted by Crippen LogP contribution is 2.33. The van der Waals surface area contributed by atoms with Crippen LogP contribution in [0.4, 0.5) is 0 Å². The summed E-state index contributed by atoms with van der Waals surface area (Å²) in [6.07, 6.45) is 0. The average molecular weight is 372 g/mol. The fraction of sp³-hybridized carbons (Fsp3) is 0. The topological polar surface area (TPSA) is 42.9 Å². The number of hydrogen-bond donors (Lipinski definition) is 0. The van der Waals surface area contributed by atoms with Gasteiger partial charge in [-0.3, -0.25) is 4.79 Å². The van der Waals surface area contributed by atoms with Gasteiger partial charge in [0.1, 0.15) is 0 Å². The third kappa shape index (κ3) is 2.62. The molecule has 26 heavy (non-hydrogen) atoms. The minimum absolute atomic E-state index is 0.0990. The maximum atomic E-state index is 11.7. The van der Waals surface area contributed by atoms with Crippen molar-refractivity contribution in [2.45, 2.75) is 0 Å². The molecule has 5 aromatic rings. The second-order valence-corrected chi connectivity index (χ2v) is 8.18. The number of benzene rings is 3. The molecular formula is C21H12N2OS2. The van der Waals surface area contributed by atoms with Crippen molar-refractivity contribution in [3.63, 3.8) is 0 Å². The second kappa shape index (κ2) is 6.12. The fourth-order valence-electron chi connectivity index (χ4n) is 3.02. The average Bonchev–Trinajstić information content (AvgIpc) is 3.05. The van der Waals surface area contributed by atoms with Gasteiger partial charge in [-0.1, -0.05) is 83.3 Å². The molecule has 0 saturated carbocycles. The van der Waals surface area contributed by atoms with Crippen LogP contribution in [0.5, 0.6) is 0 Å². The largest absolute Gasteiger partial charge is 0.288 e. The summed E-state index contributed by atoms with van der Waals surface area (Å²) in [5, 5.41) is 0. The van der Waals surface area contributed by atoms with Crippen molar-refractivity contribution in [2.24, 2.45) is 0 Å². The zero-order chi connectivity index (χ0) is 17.5. The first kappa shape index (κ1) is 15.4. The van der Waals surface area contributed by atoms with E-state index in [-0.39, 0.29) is 4.06 Å². The van der Waals surface area contributed by atoms with Crippen LogP contribution in [0.1, 0.15) is 0 Å². The Balaban J connectivity index is 1.87. The molecule has 5 heteroatoms. The summed E-state index contributed by atoms with van der Waals surface area (Å²) in [6.45, 7) is 0. The van der Waals surface area contributed by atoms with E-state index in [2.05, 4.69) is 0 Å². The van der Waals surface area contributed by atoms with Crippen molar-refractivity contribution in [1.29, 1.82) is 0 Å². The van der Waals surface area contributed by atoms with E-state index in [0.717, 1.165) is 42.9 Å². The van der Waals surface area contributed by atoms with Gasteiger partial charge in [-0.25, -0.2) is 9.97 Å². The van der Waals surface area contributed by atoms with Gasteiger partial charge >= 0.3 is 0 Å². The van der Waals surface area contributed by atoms with Gasteiger partial charge in [0, 0.05) is 11.1 Å². The molecule has 0 unspecified atom stereocenters. The summed E-state index contributed by atoms with van der Waals surface area (Å²) >= 11 is 2.53. The molecule has 0 amide bonds. The van der Waals surface area contributed by atoms with Crippen LogP contribution >= 0.6 is 22.7 Å². The van der Waals surface area contributed by atoms with Gasteiger partial charge in [-0.15, -0.1) is 0 Å². The van der Waals surface area contributed by atoms with E-state index in [1.54, 1.807) is 0 Å². The summed E-state index contributed by atoms with van der Waals surface area (Å²) < 4.78 is 2.03. The van der Waals surface area contributed by atoms with Gasteiger partial charge in [0.25, 0.3) is 4.06 Å². The normalized spacial score (nSPS) is 11.2. The molecule has 2 heterocycles. The van der Waals surface area contributed by atoms with Crippen LogP contribution in [0.2, 0.25) is 0 Å². The molecular weight excluding hydrogens is 360 g/mol. The first-order valence-corrected chi connectivity index (χ1v) is 9.77. The highest BCUT2D eigenvalue weighted by atomic mass is 32.2. The fourth-order valence-corrected chi connectivity index (χ4v) is 4.99. The van der Waals surface area contributed by atoms with Crippen LogP contribution < -0.4 is 4.06 Å². The molecule has 0 radical (unpaired) electrons. The summed E-state index contributed by atoms with van der Waals surface area (Å²) in [4.78, 5) is 21.6. The lowest BCUT2D eigenvalue weighted by atomic mass is 10.0. The molecule has 0 atom stereocenters. The SMILES string of the molecule is O=c1sc2cc3nc(-c4ccccc4)c(-c4ccccc4)nc3cc2s1. The molecule has 0 aliphatic heterocycles. The van der Waals surface area contributed by atoms with Crippen LogP contribution in [-0.4, -0.2) is 9.97 Å². The van der Waals surface area contributed by atoms with Gasteiger partial charge in [0.05, 0.1) is 31.8 Å². The molecule has 0 N–H and O–H groups in total. The molecule has 3 nitrogen and oxygen atoms in total. The van der Waals surface area contributed by atoms with Crippen LogP contribution in [-0.2, 0) is 0 Å². The van der Waals surface area contributed by atoms with Gasteiger partial charge in [0.15, 0.2) is 0 Å². The highest BCUT2D eigenvalue weighted by Gasteiger charge is 2.14. The van der Waals surface area contributed by atoms with Crippen LogP contribution in [0.25, 0.3) is 42.9 Å². The summed E-state index contributed by atoms with van der Waals surface area (Å²) in [5.74, 6) is 0. The van der Waals surface area contributed by atoms with E-state index in [1.807, 2.05) is 72.8 Å². The molecule has 0 spiro atoms. The van der Waals surface area contributed by atoms with Crippen molar-refractivity contribution in [3.05, 3.63) is 81.6 Å². The Morgan fingerprint density at radius 1 is 0.615 bits per heavy atom. The third-order valence-electron chi connectivity index (χ3n) is 4.21. The number of rotatable bonds is 2. The molecule has 124 valence electrons. The van der Waals surface area contributed by atoms with E-state index in [0.29, 0.717) is 0 Å². The second-order valence-electron chi connectivity index (χ2n) is 5.89. The monoisotopic (exact) mass is 372 g/mol. The molecule has 0 fully saturated rings. The van der Waals surface area contributed by atoms with Gasteiger partial charge < -0.3 is 0 Å². The van der Waals surface area contributed by atoms with E-state index in [9.17, 15) is 4.79 Å². The Hall–Kier alpha value is -2.89. The molecule has 0 saturated heterocycles. The van der Waals surface area contributed by atoms with Gasteiger partial charge in [0.2, 0.25) is 0 Å². The van der Waals surface area contributed by atoms with Gasteiger partial charge in [-0.05, 0) is 12.1 Å². The minimum Gasteiger partial charge on any atom is -0.265 e. The smallest absolute Gasteiger partial charge is 0.265 e.